The van der Waals surface area contributed by atoms with Gasteiger partial charge in [0.25, 0.3) is 0 Å². The third-order valence-corrected chi connectivity index (χ3v) is 4.25. The second kappa shape index (κ2) is 6.79. The summed E-state index contributed by atoms with van der Waals surface area (Å²) in [4.78, 5) is 4.68. The van der Waals surface area contributed by atoms with Gasteiger partial charge in [-0.25, -0.2) is 4.98 Å². The molecule has 1 N–H and O–H groups in total. The molecule has 0 fully saturated rings. The fourth-order valence-electron chi connectivity index (χ4n) is 2.41. The van der Waals surface area contributed by atoms with Gasteiger partial charge in [0, 0.05) is 20.0 Å². The summed E-state index contributed by atoms with van der Waals surface area (Å²) in [7, 11) is 2.07. The number of para-hydroxylation sites is 2. The minimum Gasteiger partial charge on any atom is -0.369 e. The lowest BCUT2D eigenvalue weighted by molar-refractivity contribution is 0.750. The third kappa shape index (κ3) is 3.22. The second-order valence-corrected chi connectivity index (χ2v) is 5.89. The summed E-state index contributed by atoms with van der Waals surface area (Å²) in [6, 6.07) is 12.2. The summed E-state index contributed by atoms with van der Waals surface area (Å²) < 4.78 is 2.17. The van der Waals surface area contributed by atoms with Crippen LogP contribution in [0.4, 0.5) is 5.82 Å². The Hall–Kier alpha value is -2.08. The predicted octanol–water partition coefficient (Wildman–Crippen LogP) is 3.13. The fourth-order valence-corrected chi connectivity index (χ4v) is 2.73. The number of benzene rings is 1. The second-order valence-electron chi connectivity index (χ2n) is 5.07. The molecule has 0 spiro atoms. The number of hydrogen-bond acceptors (Lipinski definition) is 5. The van der Waals surface area contributed by atoms with E-state index in [0.29, 0.717) is 0 Å². The molecule has 0 unspecified atom stereocenters. The molecular weight excluding hydrogens is 294 g/mol. The molecule has 3 rings (SSSR count). The van der Waals surface area contributed by atoms with Crippen molar-refractivity contribution >= 4 is 28.6 Å². The molecule has 0 atom stereocenters. The highest BCUT2D eigenvalue weighted by Crippen LogP contribution is 2.15. The zero-order valence-corrected chi connectivity index (χ0v) is 13.6. The average molecular weight is 313 g/mol. The van der Waals surface area contributed by atoms with Crippen LogP contribution in [0.3, 0.4) is 0 Å². The van der Waals surface area contributed by atoms with Crippen LogP contribution in [0.25, 0.3) is 11.0 Å². The Balaban J connectivity index is 1.54. The number of fused-ring (bicyclic) bond motifs is 1. The standard InChI is InChI=1S/C16H19N5S/c1-21-13-7-4-3-6-12(13)18-15(21)8-5-11-17-14-9-10-16(22-2)20-19-14/h3-4,6-7,9-10H,5,8,11H2,1-2H3,(H,17,19). The van der Waals surface area contributed by atoms with Crippen molar-refractivity contribution in [2.24, 2.45) is 7.05 Å². The van der Waals surface area contributed by atoms with Gasteiger partial charge in [-0.1, -0.05) is 12.1 Å². The molecule has 1 aromatic carbocycles. The summed E-state index contributed by atoms with van der Waals surface area (Å²) >= 11 is 1.59. The van der Waals surface area contributed by atoms with E-state index in [1.54, 1.807) is 11.8 Å². The minimum atomic E-state index is 0.822. The molecule has 0 saturated heterocycles. The number of anilines is 1. The van der Waals surface area contributed by atoms with Gasteiger partial charge in [0.05, 0.1) is 11.0 Å². The van der Waals surface area contributed by atoms with Gasteiger partial charge in [-0.3, -0.25) is 0 Å². The van der Waals surface area contributed by atoms with E-state index in [4.69, 9.17) is 0 Å². The molecule has 22 heavy (non-hydrogen) atoms. The molecule has 0 aliphatic carbocycles. The largest absolute Gasteiger partial charge is 0.369 e. The van der Waals surface area contributed by atoms with Crippen LogP contribution in [0.2, 0.25) is 0 Å². The summed E-state index contributed by atoms with van der Waals surface area (Å²) in [6.07, 6.45) is 3.94. The monoisotopic (exact) mass is 313 g/mol. The Labute approximate surface area is 134 Å². The number of aryl methyl sites for hydroxylation is 2. The zero-order valence-electron chi connectivity index (χ0n) is 12.8. The van der Waals surface area contributed by atoms with E-state index in [1.807, 2.05) is 30.5 Å². The molecule has 0 saturated carbocycles. The van der Waals surface area contributed by atoms with Crippen LogP contribution in [0.15, 0.2) is 41.4 Å². The van der Waals surface area contributed by atoms with Gasteiger partial charge in [-0.15, -0.1) is 22.0 Å². The van der Waals surface area contributed by atoms with Crippen LogP contribution in [-0.2, 0) is 13.5 Å². The van der Waals surface area contributed by atoms with E-state index < -0.39 is 0 Å². The van der Waals surface area contributed by atoms with E-state index >= 15 is 0 Å². The first kappa shape index (κ1) is 14.8. The SMILES string of the molecule is CSc1ccc(NCCCc2nc3ccccc3n2C)nn1. The summed E-state index contributed by atoms with van der Waals surface area (Å²) in [5.41, 5.74) is 2.25. The Kier molecular flexibility index (Phi) is 4.58. The molecule has 0 amide bonds. The molecular formula is C16H19N5S. The molecule has 3 aromatic rings. The highest BCUT2D eigenvalue weighted by molar-refractivity contribution is 7.98. The number of aromatic nitrogens is 4. The van der Waals surface area contributed by atoms with E-state index in [-0.39, 0.29) is 0 Å². The van der Waals surface area contributed by atoms with Gasteiger partial charge >= 0.3 is 0 Å². The van der Waals surface area contributed by atoms with Crippen molar-refractivity contribution in [1.82, 2.24) is 19.7 Å². The van der Waals surface area contributed by atoms with Gasteiger partial charge < -0.3 is 9.88 Å². The smallest absolute Gasteiger partial charge is 0.148 e. The lowest BCUT2D eigenvalue weighted by Gasteiger charge is -2.05. The van der Waals surface area contributed by atoms with Crippen molar-refractivity contribution in [3.63, 3.8) is 0 Å². The van der Waals surface area contributed by atoms with Crippen LogP contribution in [0.1, 0.15) is 12.2 Å². The van der Waals surface area contributed by atoms with Gasteiger partial charge in [0.2, 0.25) is 0 Å². The Bertz CT molecular complexity index is 751. The van der Waals surface area contributed by atoms with E-state index in [1.165, 1.54) is 5.52 Å². The van der Waals surface area contributed by atoms with Gasteiger partial charge in [0.1, 0.15) is 16.7 Å². The molecule has 6 heteroatoms. The molecule has 0 bridgehead atoms. The molecule has 0 aliphatic rings. The Morgan fingerprint density at radius 2 is 2.00 bits per heavy atom. The zero-order chi connectivity index (χ0) is 15.4. The first-order chi connectivity index (χ1) is 10.8. The maximum absolute atomic E-state index is 4.68. The Morgan fingerprint density at radius 1 is 1.14 bits per heavy atom. The number of hydrogen-bond donors (Lipinski definition) is 1. The van der Waals surface area contributed by atoms with Crippen LogP contribution in [0.5, 0.6) is 0 Å². The van der Waals surface area contributed by atoms with Gasteiger partial charge in [0.15, 0.2) is 0 Å². The third-order valence-electron chi connectivity index (χ3n) is 3.61. The molecule has 114 valence electrons. The Morgan fingerprint density at radius 3 is 2.73 bits per heavy atom. The molecule has 0 aliphatic heterocycles. The van der Waals surface area contributed by atoms with E-state index in [0.717, 1.165) is 41.6 Å². The molecule has 0 radical (unpaired) electrons. The van der Waals surface area contributed by atoms with Crippen molar-refractivity contribution in [1.29, 1.82) is 0 Å². The number of rotatable bonds is 6. The lowest BCUT2D eigenvalue weighted by atomic mass is 10.3. The number of thioether (sulfide) groups is 1. The van der Waals surface area contributed by atoms with Crippen molar-refractivity contribution in [2.75, 3.05) is 18.1 Å². The normalized spacial score (nSPS) is 11.0. The van der Waals surface area contributed by atoms with Crippen LogP contribution in [-0.4, -0.2) is 32.5 Å². The van der Waals surface area contributed by atoms with Crippen molar-refractivity contribution in [3.05, 3.63) is 42.2 Å². The number of nitrogens with one attached hydrogen (secondary N) is 1. The highest BCUT2D eigenvalue weighted by atomic mass is 32.2. The first-order valence-electron chi connectivity index (χ1n) is 7.30. The lowest BCUT2D eigenvalue weighted by Crippen LogP contribution is -2.07. The maximum atomic E-state index is 4.68. The number of nitrogens with zero attached hydrogens (tertiary/aromatic N) is 4. The fraction of sp³-hybridized carbons (Fsp3) is 0.312. The average Bonchev–Trinajstić information content (AvgIpc) is 2.89. The summed E-state index contributed by atoms with van der Waals surface area (Å²) in [6.45, 7) is 0.858. The van der Waals surface area contributed by atoms with E-state index in [9.17, 15) is 0 Å². The predicted molar refractivity (Wildman–Crippen MR) is 91.3 cm³/mol. The minimum absolute atomic E-state index is 0.822. The van der Waals surface area contributed by atoms with E-state index in [2.05, 4.69) is 44.2 Å². The summed E-state index contributed by atoms with van der Waals surface area (Å²) in [5.74, 6) is 1.94. The quantitative estimate of drug-likeness (QED) is 0.560. The van der Waals surface area contributed by atoms with Crippen molar-refractivity contribution in [3.8, 4) is 0 Å². The van der Waals surface area contributed by atoms with Crippen molar-refractivity contribution in [2.45, 2.75) is 17.9 Å². The topological polar surface area (TPSA) is 55.6 Å². The van der Waals surface area contributed by atoms with Gasteiger partial charge in [-0.05, 0) is 36.9 Å². The molecule has 2 heterocycles. The van der Waals surface area contributed by atoms with Crippen LogP contribution in [0, 0.1) is 0 Å². The first-order valence-corrected chi connectivity index (χ1v) is 8.52. The number of imidazole rings is 1. The van der Waals surface area contributed by atoms with Crippen molar-refractivity contribution < 1.29 is 0 Å². The maximum Gasteiger partial charge on any atom is 0.148 e. The summed E-state index contributed by atoms with van der Waals surface area (Å²) in [5, 5.41) is 12.5. The van der Waals surface area contributed by atoms with Crippen LogP contribution >= 0.6 is 11.8 Å². The molecule has 5 nitrogen and oxygen atoms in total. The molecule has 2 aromatic heterocycles. The van der Waals surface area contributed by atoms with Gasteiger partial charge in [-0.2, -0.15) is 0 Å². The van der Waals surface area contributed by atoms with Crippen LogP contribution < -0.4 is 5.32 Å². The highest BCUT2D eigenvalue weighted by Gasteiger charge is 2.06.